The number of carbonyl (C=O) groups excluding carboxylic acids is 1. The first-order valence-corrected chi connectivity index (χ1v) is 18.6. The molecule has 59 heavy (non-hydrogen) atoms. The van der Waals surface area contributed by atoms with Gasteiger partial charge in [0.2, 0.25) is 11.7 Å². The summed E-state index contributed by atoms with van der Waals surface area (Å²) in [5, 5.41) is 170. The van der Waals surface area contributed by atoms with Crippen LogP contribution in [-0.4, -0.2) is 274 Å². The molecule has 5 aliphatic rings. The Labute approximate surface area is 333 Å². The Morgan fingerprint density at radius 3 is 1.66 bits per heavy atom. The summed E-state index contributed by atoms with van der Waals surface area (Å²) < 4.78 is 51.2. The first-order valence-electron chi connectivity index (χ1n) is 18.6. The Morgan fingerprint density at radius 2 is 1.08 bits per heavy atom. The van der Waals surface area contributed by atoms with E-state index in [4.69, 9.17) is 42.6 Å². The van der Waals surface area contributed by atoms with Gasteiger partial charge in [-0.2, -0.15) is 0 Å². The average Bonchev–Trinajstić information content (AvgIpc) is 3.21. The zero-order valence-corrected chi connectivity index (χ0v) is 31.3. The summed E-state index contributed by atoms with van der Waals surface area (Å²) in [6.45, 7) is -4.91. The molecule has 0 aromatic heterocycles. The van der Waals surface area contributed by atoms with Crippen LogP contribution < -0.4 is 5.32 Å². The first-order chi connectivity index (χ1) is 27.9. The third-order valence-electron chi connectivity index (χ3n) is 10.8. The Morgan fingerprint density at radius 1 is 0.559 bits per heavy atom. The molecule has 0 aliphatic carbocycles. The lowest BCUT2D eigenvalue weighted by molar-refractivity contribution is -0.409. The molecule has 0 radical (unpaired) electrons. The van der Waals surface area contributed by atoms with E-state index in [1.54, 1.807) is 0 Å². The van der Waals surface area contributed by atoms with Crippen LogP contribution in [0.5, 0.6) is 0 Å². The smallest absolute Gasteiger partial charge is 0.221 e. The first kappa shape index (κ1) is 48.5. The molecular weight excluding hydrogens is 814 g/mol. The monoisotopic (exact) mass is 869 g/mol. The van der Waals surface area contributed by atoms with Crippen molar-refractivity contribution in [2.45, 2.75) is 154 Å². The van der Waals surface area contributed by atoms with E-state index in [1.807, 2.05) is 0 Å². The standard InChI is InChI=1S/C32H55NO26/c1-8(39)33-14-25(59-32(7-38)27(49)15(41)9(40)6-51-32)24(57-30-21(47)18(44)16(42)10(2-34)53-30)13(5-37)55-29(14)58-26-17(43)11(3-35)54-31(22(26)48)56-23-12(4-36)52-28(50)20(46)19(23)45/h9-31,34-38,40-50H,2-7H2,1H3,(H,33,39)/t9-,10-,11-,12-,13-,14-,15-,16+,17+,18+,19-,20-,21-,22-,23-,24-,25-,26+,27+,28?,29+,30+,31+,32-/m1/s1. The molecule has 5 rings (SSSR count). The molecule has 0 aromatic carbocycles. The van der Waals surface area contributed by atoms with Gasteiger partial charge < -0.3 is 130 Å². The maximum atomic E-state index is 12.8. The van der Waals surface area contributed by atoms with Crippen molar-refractivity contribution in [1.29, 1.82) is 0 Å². The Balaban J connectivity index is 1.53. The van der Waals surface area contributed by atoms with E-state index in [1.165, 1.54) is 0 Å². The van der Waals surface area contributed by atoms with Crippen molar-refractivity contribution < 1.29 is 129 Å². The van der Waals surface area contributed by atoms with Gasteiger partial charge in [0.25, 0.3) is 0 Å². The number of hydrogen-bond acceptors (Lipinski definition) is 26. The fourth-order valence-electron chi connectivity index (χ4n) is 7.46. The number of ether oxygens (including phenoxy) is 9. The number of aliphatic hydroxyl groups is 16. The van der Waals surface area contributed by atoms with Crippen molar-refractivity contribution in [3.63, 3.8) is 0 Å². The zero-order valence-electron chi connectivity index (χ0n) is 31.3. The SMILES string of the molecule is CC(=O)N[C@H]1[C@H](O[C@H]2[C@@H](O)[C@@H](CO)O[C@@H](O[C@H]3[C@H](O)[C@@H](O)C(O)O[C@@H]3CO)[C@@H]2O)O[C@H](CO)[C@@H](O[C@@H]2O[C@H](CO)[C@H](O)[C@H](O)[C@H]2O)[C@@H]1O[C@@]1(CO)OC[C@@H](O)[C@@H](O)[C@@H]1O. The van der Waals surface area contributed by atoms with Crippen molar-refractivity contribution in [1.82, 2.24) is 5.32 Å². The van der Waals surface area contributed by atoms with Crippen molar-refractivity contribution in [2.75, 3.05) is 39.6 Å². The lowest BCUT2D eigenvalue weighted by atomic mass is 9.92. The third kappa shape index (κ3) is 9.84. The summed E-state index contributed by atoms with van der Waals surface area (Å²) in [4.78, 5) is 12.8. The van der Waals surface area contributed by atoms with Crippen LogP contribution in [0.4, 0.5) is 0 Å². The second-order valence-corrected chi connectivity index (χ2v) is 14.8. The Kier molecular flexibility index (Phi) is 16.7. The molecule has 27 nitrogen and oxygen atoms in total. The van der Waals surface area contributed by atoms with Gasteiger partial charge in [-0.25, -0.2) is 0 Å². The lowest BCUT2D eigenvalue weighted by Gasteiger charge is -2.53. The minimum Gasteiger partial charge on any atom is -0.394 e. The molecule has 1 unspecified atom stereocenters. The van der Waals surface area contributed by atoms with Gasteiger partial charge in [-0.05, 0) is 0 Å². The largest absolute Gasteiger partial charge is 0.394 e. The quantitative estimate of drug-likeness (QED) is 0.0770. The summed E-state index contributed by atoms with van der Waals surface area (Å²) >= 11 is 0. The molecule has 0 aromatic rings. The van der Waals surface area contributed by atoms with Gasteiger partial charge in [-0.1, -0.05) is 0 Å². The third-order valence-corrected chi connectivity index (χ3v) is 10.8. The molecule has 1 amide bonds. The Bertz CT molecular complexity index is 1340. The molecule has 5 aliphatic heterocycles. The summed E-state index contributed by atoms with van der Waals surface area (Å²) in [7, 11) is 0. The van der Waals surface area contributed by atoms with Gasteiger partial charge in [0.1, 0.15) is 123 Å². The van der Waals surface area contributed by atoms with Crippen LogP contribution in [0.15, 0.2) is 0 Å². The minimum absolute atomic E-state index is 0.757. The molecule has 344 valence electrons. The van der Waals surface area contributed by atoms with Crippen LogP contribution in [0.2, 0.25) is 0 Å². The molecule has 5 saturated heterocycles. The molecule has 0 bridgehead atoms. The molecule has 17 N–H and O–H groups in total. The van der Waals surface area contributed by atoms with Crippen LogP contribution in [0.25, 0.3) is 0 Å². The molecule has 24 atom stereocenters. The summed E-state index contributed by atoms with van der Waals surface area (Å²) in [5.41, 5.74) is 0. The highest BCUT2D eigenvalue weighted by molar-refractivity contribution is 5.73. The van der Waals surface area contributed by atoms with Crippen LogP contribution in [0, 0.1) is 0 Å². The van der Waals surface area contributed by atoms with E-state index >= 15 is 0 Å². The van der Waals surface area contributed by atoms with Crippen molar-refractivity contribution in [3.05, 3.63) is 0 Å². The van der Waals surface area contributed by atoms with Gasteiger partial charge in [-0.15, -0.1) is 0 Å². The average molecular weight is 870 g/mol. The van der Waals surface area contributed by atoms with E-state index in [-0.39, 0.29) is 0 Å². The fraction of sp³-hybridized carbons (Fsp3) is 0.969. The summed E-state index contributed by atoms with van der Waals surface area (Å²) in [6, 6.07) is -1.86. The molecule has 5 fully saturated rings. The second kappa shape index (κ2) is 20.3. The van der Waals surface area contributed by atoms with Crippen molar-refractivity contribution in [3.8, 4) is 0 Å². The van der Waals surface area contributed by atoms with Crippen molar-refractivity contribution in [2.24, 2.45) is 0 Å². The minimum atomic E-state index is -2.69. The normalized spacial score (nSPS) is 51.0. The fourth-order valence-corrected chi connectivity index (χ4v) is 7.46. The molecule has 27 heteroatoms. The van der Waals surface area contributed by atoms with Gasteiger partial charge in [0.15, 0.2) is 25.2 Å². The predicted octanol–water partition coefficient (Wildman–Crippen LogP) is -11.8. The number of carbonyl (C=O) groups is 1. The number of amides is 1. The summed E-state index contributed by atoms with van der Waals surface area (Å²) in [5.74, 6) is -3.58. The number of hydrogen-bond donors (Lipinski definition) is 17. The highest BCUT2D eigenvalue weighted by Gasteiger charge is 2.60. The molecule has 5 heterocycles. The zero-order chi connectivity index (χ0) is 43.7. The highest BCUT2D eigenvalue weighted by atomic mass is 16.8. The van der Waals surface area contributed by atoms with Gasteiger partial charge >= 0.3 is 0 Å². The van der Waals surface area contributed by atoms with E-state index in [9.17, 15) is 86.5 Å². The van der Waals surface area contributed by atoms with Crippen LogP contribution in [0.3, 0.4) is 0 Å². The Hall–Kier alpha value is -1.53. The van der Waals surface area contributed by atoms with Gasteiger partial charge in [-0.3, -0.25) is 4.79 Å². The van der Waals surface area contributed by atoms with Crippen LogP contribution in [0.1, 0.15) is 6.92 Å². The topological polar surface area (TPSA) is 436 Å². The number of rotatable bonds is 14. The van der Waals surface area contributed by atoms with Crippen LogP contribution >= 0.6 is 0 Å². The lowest BCUT2D eigenvalue weighted by Crippen LogP contribution is -2.73. The van der Waals surface area contributed by atoms with E-state index in [2.05, 4.69) is 5.32 Å². The summed E-state index contributed by atoms with van der Waals surface area (Å²) in [6.07, 6.45) is -42.1. The van der Waals surface area contributed by atoms with E-state index in [0.29, 0.717) is 0 Å². The highest BCUT2D eigenvalue weighted by Crippen LogP contribution is 2.38. The molecule has 0 spiro atoms. The molecule has 0 saturated carbocycles. The van der Waals surface area contributed by atoms with E-state index < -0.39 is 192 Å². The number of nitrogens with one attached hydrogen (secondary N) is 1. The van der Waals surface area contributed by atoms with E-state index in [0.717, 1.165) is 6.92 Å². The number of aliphatic hydroxyl groups excluding tert-OH is 16. The van der Waals surface area contributed by atoms with Gasteiger partial charge in [0.05, 0.1) is 33.0 Å². The molecular formula is C32H55NO26. The second-order valence-electron chi connectivity index (χ2n) is 14.8. The predicted molar refractivity (Wildman–Crippen MR) is 178 cm³/mol. The van der Waals surface area contributed by atoms with Gasteiger partial charge in [0, 0.05) is 6.92 Å². The maximum absolute atomic E-state index is 12.8. The maximum Gasteiger partial charge on any atom is 0.221 e. The van der Waals surface area contributed by atoms with Crippen LogP contribution in [-0.2, 0) is 47.4 Å². The van der Waals surface area contributed by atoms with Crippen molar-refractivity contribution >= 4 is 5.91 Å².